The Morgan fingerprint density at radius 2 is 2.23 bits per heavy atom. The van der Waals surface area contributed by atoms with E-state index in [0.29, 0.717) is 5.02 Å². The molecular weight excluding hydrogens is 357 g/mol. The maximum absolute atomic E-state index is 6.56. The Morgan fingerprint density at radius 3 is 2.82 bits per heavy atom. The van der Waals surface area contributed by atoms with Gasteiger partial charge in [-0.1, -0.05) is 36.2 Å². The summed E-state index contributed by atoms with van der Waals surface area (Å²) in [5.41, 5.74) is 1.15. The van der Waals surface area contributed by atoms with Crippen molar-refractivity contribution >= 4 is 46.7 Å². The highest BCUT2D eigenvalue weighted by Gasteiger charge is 2.44. The van der Waals surface area contributed by atoms with E-state index in [2.05, 4.69) is 23.1 Å². The first-order valence-corrected chi connectivity index (χ1v) is 10.1. The fourth-order valence-electron chi connectivity index (χ4n) is 3.02. The maximum atomic E-state index is 6.56. The molecule has 1 aromatic carbocycles. The lowest BCUT2D eigenvalue weighted by atomic mass is 9.90. The molecule has 1 aliphatic heterocycles. The molecule has 0 radical (unpaired) electrons. The van der Waals surface area contributed by atoms with Crippen LogP contribution in [-0.4, -0.2) is 32.0 Å². The smallest absolute Gasteiger partial charge is 0.137 e. The first kappa shape index (κ1) is 16.5. The van der Waals surface area contributed by atoms with E-state index in [1.807, 2.05) is 40.3 Å². The van der Waals surface area contributed by atoms with Crippen LogP contribution in [0.4, 0.5) is 0 Å². The van der Waals surface area contributed by atoms with Crippen LogP contribution >= 0.6 is 46.7 Å². The van der Waals surface area contributed by atoms with Gasteiger partial charge in [-0.05, 0) is 24.1 Å². The zero-order valence-electron chi connectivity index (χ0n) is 12.2. The third-order valence-electron chi connectivity index (χ3n) is 3.97. The fraction of sp³-hybridized carbons (Fsp3) is 0.467. The Kier molecular flexibility index (Phi) is 5.28. The molecule has 2 aromatic rings. The number of rotatable bonds is 4. The second kappa shape index (κ2) is 7.04. The predicted molar refractivity (Wildman–Crippen MR) is 97.3 cm³/mol. The Bertz CT molecular complexity index is 628. The van der Waals surface area contributed by atoms with Crippen molar-refractivity contribution in [3.8, 4) is 0 Å². The lowest BCUT2D eigenvalue weighted by Crippen LogP contribution is -2.39. The summed E-state index contributed by atoms with van der Waals surface area (Å²) >= 11 is 16.6. The highest BCUT2D eigenvalue weighted by Crippen LogP contribution is 2.53. The Labute approximate surface area is 149 Å². The van der Waals surface area contributed by atoms with Gasteiger partial charge in [0.2, 0.25) is 0 Å². The second-order valence-electron chi connectivity index (χ2n) is 5.21. The van der Waals surface area contributed by atoms with E-state index in [1.54, 1.807) is 12.7 Å². The summed E-state index contributed by atoms with van der Waals surface area (Å²) in [5.74, 6) is 3.29. The summed E-state index contributed by atoms with van der Waals surface area (Å²) in [6.07, 6.45) is 4.37. The Balaban J connectivity index is 2.11. The number of hydrogen-bond donors (Lipinski definition) is 0. The molecule has 1 aliphatic rings. The van der Waals surface area contributed by atoms with Crippen molar-refractivity contribution < 1.29 is 0 Å². The molecule has 2 atom stereocenters. The number of aromatic nitrogens is 3. The summed E-state index contributed by atoms with van der Waals surface area (Å²) in [6.45, 7) is 2.19. The molecule has 0 spiro atoms. The molecule has 22 heavy (non-hydrogen) atoms. The van der Waals surface area contributed by atoms with E-state index in [4.69, 9.17) is 23.2 Å². The first-order valence-electron chi connectivity index (χ1n) is 7.18. The van der Waals surface area contributed by atoms with Gasteiger partial charge in [0, 0.05) is 27.3 Å². The molecule has 0 N–H and O–H groups in total. The minimum atomic E-state index is -0.104. The van der Waals surface area contributed by atoms with Gasteiger partial charge in [0.05, 0.1) is 10.8 Å². The van der Waals surface area contributed by atoms with Crippen LogP contribution in [0, 0.1) is 0 Å². The number of hydrogen-bond acceptors (Lipinski definition) is 4. The highest BCUT2D eigenvalue weighted by molar-refractivity contribution is 8.06. The molecular formula is C15H17Cl2N3S2. The van der Waals surface area contributed by atoms with Crippen molar-refractivity contribution in [2.75, 3.05) is 17.3 Å². The van der Waals surface area contributed by atoms with Gasteiger partial charge in [-0.25, -0.2) is 9.67 Å². The maximum Gasteiger partial charge on any atom is 0.137 e. The quantitative estimate of drug-likeness (QED) is 0.761. The van der Waals surface area contributed by atoms with Crippen LogP contribution in [0.3, 0.4) is 0 Å². The third kappa shape index (κ3) is 3.01. The summed E-state index contributed by atoms with van der Waals surface area (Å²) in [6, 6.07) is 6.06. The first-order chi connectivity index (χ1) is 10.7. The largest absolute Gasteiger partial charge is 0.248 e. The minimum absolute atomic E-state index is 0.104. The monoisotopic (exact) mass is 373 g/mol. The van der Waals surface area contributed by atoms with Crippen LogP contribution in [0.15, 0.2) is 30.9 Å². The average molecular weight is 374 g/mol. The number of halogens is 2. The summed E-state index contributed by atoms with van der Waals surface area (Å²) in [7, 11) is 0. The molecule has 118 valence electrons. The van der Waals surface area contributed by atoms with E-state index in [-0.39, 0.29) is 10.8 Å². The molecule has 1 aromatic heterocycles. The molecule has 7 heteroatoms. The lowest BCUT2D eigenvalue weighted by molar-refractivity contribution is 0.357. The van der Waals surface area contributed by atoms with Gasteiger partial charge < -0.3 is 0 Å². The zero-order chi connectivity index (χ0) is 15.6. The summed E-state index contributed by atoms with van der Waals surface area (Å²) in [5, 5.41) is 5.80. The van der Waals surface area contributed by atoms with Crippen LogP contribution in [0.1, 0.15) is 24.9 Å². The Hall–Kier alpha value is -0.360. The van der Waals surface area contributed by atoms with E-state index in [1.165, 1.54) is 5.75 Å². The molecule has 3 rings (SSSR count). The predicted octanol–water partition coefficient (Wildman–Crippen LogP) is 4.91. The molecule has 2 heterocycles. The number of benzene rings is 1. The van der Waals surface area contributed by atoms with Crippen LogP contribution < -0.4 is 0 Å². The lowest BCUT2D eigenvalue weighted by Gasteiger charge is -2.43. The SMILES string of the molecule is CCC(n1cncn1)C1(c2ccc(Cl)cc2Cl)CSCCS1. The van der Waals surface area contributed by atoms with Gasteiger partial charge in [0.15, 0.2) is 0 Å². The molecule has 3 nitrogen and oxygen atoms in total. The average Bonchev–Trinajstić information content (AvgIpc) is 3.03. The normalized spacial score (nSPS) is 23.4. The van der Waals surface area contributed by atoms with Gasteiger partial charge in [-0.2, -0.15) is 16.9 Å². The van der Waals surface area contributed by atoms with Crippen molar-refractivity contribution in [3.05, 3.63) is 46.5 Å². The van der Waals surface area contributed by atoms with E-state index >= 15 is 0 Å². The number of nitrogens with zero attached hydrogens (tertiary/aromatic N) is 3. The van der Waals surface area contributed by atoms with Gasteiger partial charge >= 0.3 is 0 Å². The van der Waals surface area contributed by atoms with Crippen LogP contribution in [-0.2, 0) is 4.75 Å². The van der Waals surface area contributed by atoms with Crippen molar-refractivity contribution in [1.29, 1.82) is 0 Å². The fourth-order valence-corrected chi connectivity index (χ4v) is 7.00. The topological polar surface area (TPSA) is 30.7 Å². The zero-order valence-corrected chi connectivity index (χ0v) is 15.4. The minimum Gasteiger partial charge on any atom is -0.248 e. The molecule has 2 unspecified atom stereocenters. The molecule has 0 saturated carbocycles. The van der Waals surface area contributed by atoms with Gasteiger partial charge in [-0.15, -0.1) is 11.8 Å². The van der Waals surface area contributed by atoms with E-state index in [0.717, 1.165) is 28.5 Å². The molecule has 0 amide bonds. The van der Waals surface area contributed by atoms with E-state index in [9.17, 15) is 0 Å². The second-order valence-corrected chi connectivity index (χ2v) is 8.59. The molecule has 0 bridgehead atoms. The van der Waals surface area contributed by atoms with Crippen LogP contribution in [0.2, 0.25) is 10.0 Å². The van der Waals surface area contributed by atoms with Gasteiger partial charge in [0.1, 0.15) is 12.7 Å². The molecule has 1 saturated heterocycles. The van der Waals surface area contributed by atoms with Crippen molar-refractivity contribution in [3.63, 3.8) is 0 Å². The summed E-state index contributed by atoms with van der Waals surface area (Å²) in [4.78, 5) is 4.13. The van der Waals surface area contributed by atoms with Crippen molar-refractivity contribution in [2.45, 2.75) is 24.1 Å². The standard InChI is InChI=1S/C15H17Cl2N3S2/c1-2-14(20-10-18-9-19-20)15(8-21-5-6-22-15)12-4-3-11(16)7-13(12)17/h3-4,7,9-10,14H,2,5-6,8H2,1H3. The van der Waals surface area contributed by atoms with Crippen molar-refractivity contribution in [2.24, 2.45) is 0 Å². The Morgan fingerprint density at radius 1 is 1.36 bits per heavy atom. The summed E-state index contributed by atoms with van der Waals surface area (Å²) < 4.78 is 1.87. The van der Waals surface area contributed by atoms with E-state index < -0.39 is 0 Å². The van der Waals surface area contributed by atoms with Gasteiger partial charge in [0.25, 0.3) is 0 Å². The van der Waals surface area contributed by atoms with Gasteiger partial charge in [-0.3, -0.25) is 0 Å². The highest BCUT2D eigenvalue weighted by atomic mass is 35.5. The van der Waals surface area contributed by atoms with Crippen molar-refractivity contribution in [1.82, 2.24) is 14.8 Å². The molecule has 1 fully saturated rings. The third-order valence-corrected chi connectivity index (χ3v) is 7.67. The number of thioether (sulfide) groups is 2. The van der Waals surface area contributed by atoms with Crippen LogP contribution in [0.5, 0.6) is 0 Å². The molecule has 0 aliphatic carbocycles. The van der Waals surface area contributed by atoms with Crippen LogP contribution in [0.25, 0.3) is 0 Å².